The van der Waals surface area contributed by atoms with Crippen molar-refractivity contribution in [2.75, 3.05) is 0 Å². The molecule has 0 atom stereocenters. The van der Waals surface area contributed by atoms with Crippen LogP contribution in [0.25, 0.3) is 0 Å². The molecule has 16 heavy (non-hydrogen) atoms. The molecule has 1 aromatic rings. The summed E-state index contributed by atoms with van der Waals surface area (Å²) in [5.74, 6) is -0.762. The van der Waals surface area contributed by atoms with Gasteiger partial charge in [-0.2, -0.15) is 0 Å². The lowest BCUT2D eigenvalue weighted by Crippen LogP contribution is -2.40. The fourth-order valence-electron chi connectivity index (χ4n) is 1.66. The first-order chi connectivity index (χ1) is 7.65. The van der Waals surface area contributed by atoms with Crippen LogP contribution in [0.3, 0.4) is 0 Å². The molecule has 0 aromatic heterocycles. The topological polar surface area (TPSA) is 72.2 Å². The molecule has 0 bridgehead atoms. The summed E-state index contributed by atoms with van der Waals surface area (Å²) in [5.41, 5.74) is 5.29. The Morgan fingerprint density at radius 1 is 1.25 bits per heavy atom. The Morgan fingerprint density at radius 3 is 2.38 bits per heavy atom. The number of amides is 2. The summed E-state index contributed by atoms with van der Waals surface area (Å²) in [5, 5.41) is 2.74. The maximum absolute atomic E-state index is 11.7. The standard InChI is InChI=1S/C12H14N2O2/c13-10(15)12(6-7-12)11(16)14-8-9-4-2-1-3-5-9/h1-5H,6-8H2,(H2,13,15)(H,14,16). The van der Waals surface area contributed by atoms with Crippen LogP contribution < -0.4 is 11.1 Å². The second-order valence-electron chi connectivity index (χ2n) is 4.11. The van der Waals surface area contributed by atoms with Crippen LogP contribution in [-0.2, 0) is 16.1 Å². The Labute approximate surface area is 93.8 Å². The Morgan fingerprint density at radius 2 is 1.88 bits per heavy atom. The molecule has 1 saturated carbocycles. The van der Waals surface area contributed by atoms with Crippen LogP contribution in [0.4, 0.5) is 0 Å². The zero-order valence-corrected chi connectivity index (χ0v) is 8.90. The van der Waals surface area contributed by atoms with Gasteiger partial charge in [-0.3, -0.25) is 9.59 Å². The van der Waals surface area contributed by atoms with Crippen LogP contribution in [0.5, 0.6) is 0 Å². The van der Waals surface area contributed by atoms with Crippen molar-refractivity contribution in [2.45, 2.75) is 19.4 Å². The third-order valence-corrected chi connectivity index (χ3v) is 2.95. The van der Waals surface area contributed by atoms with Crippen molar-refractivity contribution in [3.8, 4) is 0 Å². The van der Waals surface area contributed by atoms with Crippen molar-refractivity contribution in [2.24, 2.45) is 11.1 Å². The number of carbonyl (C=O) groups excluding carboxylic acids is 2. The van der Waals surface area contributed by atoms with Crippen molar-refractivity contribution in [3.63, 3.8) is 0 Å². The lowest BCUT2D eigenvalue weighted by molar-refractivity contribution is -0.135. The monoisotopic (exact) mass is 218 g/mol. The maximum atomic E-state index is 11.7. The average Bonchev–Trinajstić information content (AvgIpc) is 3.08. The number of primary amides is 1. The van der Waals surface area contributed by atoms with E-state index < -0.39 is 11.3 Å². The fraction of sp³-hybridized carbons (Fsp3) is 0.333. The van der Waals surface area contributed by atoms with E-state index in [2.05, 4.69) is 5.32 Å². The molecule has 0 aliphatic heterocycles. The number of hydrogen-bond donors (Lipinski definition) is 2. The van der Waals surface area contributed by atoms with Gasteiger partial charge in [0.1, 0.15) is 5.41 Å². The Balaban J connectivity index is 1.92. The first-order valence-electron chi connectivity index (χ1n) is 5.27. The highest BCUT2D eigenvalue weighted by Gasteiger charge is 2.55. The van der Waals surface area contributed by atoms with E-state index in [9.17, 15) is 9.59 Å². The normalized spacial score (nSPS) is 16.5. The van der Waals surface area contributed by atoms with Crippen LogP contribution in [0, 0.1) is 5.41 Å². The summed E-state index contributed by atoms with van der Waals surface area (Å²) in [6.07, 6.45) is 1.14. The fourth-order valence-corrected chi connectivity index (χ4v) is 1.66. The van der Waals surface area contributed by atoms with Crippen molar-refractivity contribution >= 4 is 11.8 Å². The molecule has 84 valence electrons. The largest absolute Gasteiger partial charge is 0.369 e. The maximum Gasteiger partial charge on any atom is 0.235 e. The first-order valence-corrected chi connectivity index (χ1v) is 5.27. The lowest BCUT2D eigenvalue weighted by Gasteiger charge is -2.11. The van der Waals surface area contributed by atoms with Gasteiger partial charge in [0.2, 0.25) is 11.8 Å². The minimum atomic E-state index is -0.922. The Hall–Kier alpha value is -1.84. The average molecular weight is 218 g/mol. The van der Waals surface area contributed by atoms with E-state index in [0.717, 1.165) is 5.56 Å². The molecule has 0 heterocycles. The highest BCUT2D eigenvalue weighted by molar-refractivity contribution is 6.07. The smallest absolute Gasteiger partial charge is 0.235 e. The predicted molar refractivity (Wildman–Crippen MR) is 59.2 cm³/mol. The van der Waals surface area contributed by atoms with Crippen molar-refractivity contribution in [3.05, 3.63) is 35.9 Å². The van der Waals surface area contributed by atoms with Crippen molar-refractivity contribution in [1.29, 1.82) is 0 Å². The Kier molecular flexibility index (Phi) is 2.64. The summed E-state index contributed by atoms with van der Waals surface area (Å²) in [6.45, 7) is 0.439. The minimum absolute atomic E-state index is 0.246. The molecule has 1 fully saturated rings. The molecule has 0 radical (unpaired) electrons. The third kappa shape index (κ3) is 1.91. The molecule has 2 rings (SSSR count). The number of nitrogens with one attached hydrogen (secondary N) is 1. The second kappa shape index (κ2) is 3.96. The van der Waals surface area contributed by atoms with Gasteiger partial charge in [-0.15, -0.1) is 0 Å². The number of hydrogen-bond acceptors (Lipinski definition) is 2. The van der Waals surface area contributed by atoms with E-state index in [1.165, 1.54) is 0 Å². The van der Waals surface area contributed by atoms with Crippen molar-refractivity contribution in [1.82, 2.24) is 5.32 Å². The summed E-state index contributed by atoms with van der Waals surface area (Å²) < 4.78 is 0. The molecule has 0 unspecified atom stereocenters. The number of carbonyl (C=O) groups is 2. The van der Waals surface area contributed by atoms with E-state index in [1.54, 1.807) is 0 Å². The van der Waals surface area contributed by atoms with Crippen LogP contribution >= 0.6 is 0 Å². The van der Waals surface area contributed by atoms with Gasteiger partial charge in [-0.25, -0.2) is 0 Å². The van der Waals surface area contributed by atoms with Gasteiger partial charge < -0.3 is 11.1 Å². The van der Waals surface area contributed by atoms with Gasteiger partial charge in [-0.1, -0.05) is 30.3 Å². The van der Waals surface area contributed by atoms with E-state index in [0.29, 0.717) is 19.4 Å². The number of benzene rings is 1. The van der Waals surface area contributed by atoms with Gasteiger partial charge in [0.15, 0.2) is 0 Å². The third-order valence-electron chi connectivity index (χ3n) is 2.95. The zero-order chi connectivity index (χ0) is 11.6. The molecule has 2 amide bonds. The van der Waals surface area contributed by atoms with Crippen molar-refractivity contribution < 1.29 is 9.59 Å². The summed E-state index contributed by atoms with van der Waals surface area (Å²) in [4.78, 5) is 22.8. The molecule has 0 spiro atoms. The minimum Gasteiger partial charge on any atom is -0.369 e. The van der Waals surface area contributed by atoms with E-state index >= 15 is 0 Å². The Bertz CT molecular complexity index is 410. The molecule has 4 nitrogen and oxygen atoms in total. The number of rotatable bonds is 4. The molecule has 3 N–H and O–H groups in total. The van der Waals surface area contributed by atoms with Crippen LogP contribution in [0.2, 0.25) is 0 Å². The van der Waals surface area contributed by atoms with Gasteiger partial charge in [0, 0.05) is 6.54 Å². The molecule has 1 aromatic carbocycles. The van der Waals surface area contributed by atoms with E-state index in [4.69, 9.17) is 5.73 Å². The van der Waals surface area contributed by atoms with Crippen LogP contribution in [-0.4, -0.2) is 11.8 Å². The molecule has 1 aliphatic carbocycles. The predicted octanol–water partition coefficient (Wildman–Crippen LogP) is 0.568. The molecular formula is C12H14N2O2. The molecular weight excluding hydrogens is 204 g/mol. The molecule has 0 saturated heterocycles. The quantitative estimate of drug-likeness (QED) is 0.725. The molecule has 1 aliphatic rings. The SMILES string of the molecule is NC(=O)C1(C(=O)NCc2ccccc2)CC1. The van der Waals surface area contributed by atoms with Gasteiger partial charge in [0.05, 0.1) is 0 Å². The van der Waals surface area contributed by atoms with E-state index in [-0.39, 0.29) is 5.91 Å². The van der Waals surface area contributed by atoms with Crippen LogP contribution in [0.15, 0.2) is 30.3 Å². The highest BCUT2D eigenvalue weighted by atomic mass is 16.2. The van der Waals surface area contributed by atoms with Crippen LogP contribution in [0.1, 0.15) is 18.4 Å². The second-order valence-corrected chi connectivity index (χ2v) is 4.11. The summed E-state index contributed by atoms with van der Waals surface area (Å²) >= 11 is 0. The van der Waals surface area contributed by atoms with Gasteiger partial charge in [-0.05, 0) is 18.4 Å². The molecule has 4 heteroatoms. The number of nitrogens with two attached hydrogens (primary N) is 1. The highest BCUT2D eigenvalue weighted by Crippen LogP contribution is 2.45. The van der Waals surface area contributed by atoms with Gasteiger partial charge in [0.25, 0.3) is 0 Å². The van der Waals surface area contributed by atoms with Gasteiger partial charge >= 0.3 is 0 Å². The lowest BCUT2D eigenvalue weighted by atomic mass is 10.1. The first kappa shape index (κ1) is 10.7. The van der Waals surface area contributed by atoms with E-state index in [1.807, 2.05) is 30.3 Å². The zero-order valence-electron chi connectivity index (χ0n) is 8.90. The summed E-state index contributed by atoms with van der Waals surface area (Å²) in [7, 11) is 0. The summed E-state index contributed by atoms with van der Waals surface area (Å²) in [6, 6.07) is 9.57.